The van der Waals surface area contributed by atoms with E-state index in [1.54, 1.807) is 11.8 Å². The number of carbonyl (C=O) groups is 1. The SMILES string of the molecule is CC1CCCC(NC(=O)c2ccc(SCc3cn4ccccc4n3)cc2)C1. The highest BCUT2D eigenvalue weighted by Gasteiger charge is 2.20. The van der Waals surface area contributed by atoms with Crippen LogP contribution in [0.3, 0.4) is 0 Å². The highest BCUT2D eigenvalue weighted by Crippen LogP contribution is 2.25. The molecular weight excluding hydrogens is 354 g/mol. The van der Waals surface area contributed by atoms with Gasteiger partial charge in [-0.15, -0.1) is 11.8 Å². The van der Waals surface area contributed by atoms with Gasteiger partial charge in [0.1, 0.15) is 5.65 Å². The van der Waals surface area contributed by atoms with Crippen LogP contribution in [0, 0.1) is 5.92 Å². The summed E-state index contributed by atoms with van der Waals surface area (Å²) in [7, 11) is 0. The Morgan fingerprint density at radius 3 is 2.85 bits per heavy atom. The van der Waals surface area contributed by atoms with E-state index < -0.39 is 0 Å². The summed E-state index contributed by atoms with van der Waals surface area (Å²) in [6.07, 6.45) is 8.77. The number of nitrogens with one attached hydrogen (secondary N) is 1. The van der Waals surface area contributed by atoms with Crippen LogP contribution in [0.15, 0.2) is 59.8 Å². The van der Waals surface area contributed by atoms with Gasteiger partial charge in [-0.1, -0.05) is 25.8 Å². The van der Waals surface area contributed by atoms with E-state index in [4.69, 9.17) is 0 Å². The molecule has 0 spiro atoms. The minimum Gasteiger partial charge on any atom is -0.349 e. The highest BCUT2D eigenvalue weighted by atomic mass is 32.2. The summed E-state index contributed by atoms with van der Waals surface area (Å²) in [5.41, 5.74) is 2.77. The first-order chi connectivity index (χ1) is 13.2. The predicted molar refractivity (Wildman–Crippen MR) is 110 cm³/mol. The lowest BCUT2D eigenvalue weighted by Crippen LogP contribution is -2.37. The molecule has 1 aliphatic rings. The maximum absolute atomic E-state index is 12.5. The molecule has 1 aliphatic carbocycles. The number of imidazole rings is 1. The third-order valence-corrected chi connectivity index (χ3v) is 6.23. The van der Waals surface area contributed by atoms with Crippen LogP contribution in [0.1, 0.15) is 48.7 Å². The number of benzene rings is 1. The maximum Gasteiger partial charge on any atom is 0.251 e. The van der Waals surface area contributed by atoms with Gasteiger partial charge in [0.05, 0.1) is 5.69 Å². The Morgan fingerprint density at radius 2 is 2.07 bits per heavy atom. The van der Waals surface area contributed by atoms with Crippen LogP contribution in [-0.4, -0.2) is 21.3 Å². The monoisotopic (exact) mass is 379 g/mol. The van der Waals surface area contributed by atoms with Crippen LogP contribution in [0.4, 0.5) is 0 Å². The second-order valence-electron chi connectivity index (χ2n) is 7.45. The minimum atomic E-state index is 0.0472. The second kappa shape index (κ2) is 8.17. The summed E-state index contributed by atoms with van der Waals surface area (Å²) in [5, 5.41) is 3.20. The van der Waals surface area contributed by atoms with Crippen molar-refractivity contribution in [3.05, 3.63) is 66.1 Å². The first kappa shape index (κ1) is 18.1. The van der Waals surface area contributed by atoms with Crippen molar-refractivity contribution in [3.63, 3.8) is 0 Å². The molecule has 2 heterocycles. The summed E-state index contributed by atoms with van der Waals surface area (Å²) in [6.45, 7) is 2.27. The Hall–Kier alpha value is -2.27. The molecule has 0 bridgehead atoms. The summed E-state index contributed by atoms with van der Waals surface area (Å²) in [5.74, 6) is 1.57. The van der Waals surface area contributed by atoms with Gasteiger partial charge >= 0.3 is 0 Å². The summed E-state index contributed by atoms with van der Waals surface area (Å²) >= 11 is 1.74. The molecule has 2 atom stereocenters. The highest BCUT2D eigenvalue weighted by molar-refractivity contribution is 7.98. The van der Waals surface area contributed by atoms with E-state index in [0.29, 0.717) is 12.0 Å². The number of rotatable bonds is 5. The first-order valence-electron chi connectivity index (χ1n) is 9.64. The number of hydrogen-bond acceptors (Lipinski definition) is 3. The molecule has 1 fully saturated rings. The molecule has 0 saturated heterocycles. The smallest absolute Gasteiger partial charge is 0.251 e. The molecule has 140 valence electrons. The fraction of sp³-hybridized carbons (Fsp3) is 0.364. The minimum absolute atomic E-state index is 0.0472. The van der Waals surface area contributed by atoms with Crippen molar-refractivity contribution in [3.8, 4) is 0 Å². The van der Waals surface area contributed by atoms with Crippen LogP contribution in [0.25, 0.3) is 5.65 Å². The average Bonchev–Trinajstić information content (AvgIpc) is 3.10. The molecule has 4 nitrogen and oxygen atoms in total. The molecule has 3 aromatic rings. The molecule has 2 aromatic heterocycles. The normalized spacial score (nSPS) is 19.9. The summed E-state index contributed by atoms with van der Waals surface area (Å²) in [4.78, 5) is 18.2. The van der Waals surface area contributed by atoms with E-state index in [1.165, 1.54) is 12.8 Å². The number of nitrogens with zero attached hydrogens (tertiary/aromatic N) is 2. The Morgan fingerprint density at radius 1 is 1.22 bits per heavy atom. The number of hydrogen-bond donors (Lipinski definition) is 1. The van der Waals surface area contributed by atoms with Gasteiger partial charge in [0.25, 0.3) is 5.91 Å². The van der Waals surface area contributed by atoms with Crippen molar-refractivity contribution in [1.29, 1.82) is 0 Å². The van der Waals surface area contributed by atoms with Crippen molar-refractivity contribution in [2.24, 2.45) is 5.92 Å². The van der Waals surface area contributed by atoms with E-state index in [1.807, 2.05) is 53.1 Å². The number of aromatic nitrogens is 2. The zero-order valence-corrected chi connectivity index (χ0v) is 16.4. The van der Waals surface area contributed by atoms with Crippen molar-refractivity contribution >= 4 is 23.3 Å². The largest absolute Gasteiger partial charge is 0.349 e. The van der Waals surface area contributed by atoms with Gasteiger partial charge in [-0.3, -0.25) is 4.79 Å². The van der Waals surface area contributed by atoms with Crippen LogP contribution in [0.2, 0.25) is 0 Å². The molecule has 5 heteroatoms. The zero-order chi connectivity index (χ0) is 18.6. The molecule has 27 heavy (non-hydrogen) atoms. The molecule has 1 aromatic carbocycles. The van der Waals surface area contributed by atoms with Crippen molar-refractivity contribution in [2.45, 2.75) is 49.3 Å². The first-order valence-corrected chi connectivity index (χ1v) is 10.6. The van der Waals surface area contributed by atoms with Crippen LogP contribution < -0.4 is 5.32 Å². The maximum atomic E-state index is 12.5. The topological polar surface area (TPSA) is 46.4 Å². The van der Waals surface area contributed by atoms with Gasteiger partial charge in [-0.2, -0.15) is 0 Å². The molecule has 4 rings (SSSR count). The molecule has 1 saturated carbocycles. The van der Waals surface area contributed by atoms with Crippen LogP contribution in [0.5, 0.6) is 0 Å². The zero-order valence-electron chi connectivity index (χ0n) is 15.6. The van der Waals surface area contributed by atoms with Crippen molar-refractivity contribution in [2.75, 3.05) is 0 Å². The van der Waals surface area contributed by atoms with Crippen molar-refractivity contribution in [1.82, 2.24) is 14.7 Å². The number of carbonyl (C=O) groups excluding carboxylic acids is 1. The lowest BCUT2D eigenvalue weighted by atomic mass is 9.87. The van der Waals surface area contributed by atoms with Gasteiger partial charge < -0.3 is 9.72 Å². The summed E-state index contributed by atoms with van der Waals surface area (Å²) < 4.78 is 2.04. The van der Waals surface area contributed by atoms with Crippen LogP contribution in [-0.2, 0) is 5.75 Å². The van der Waals surface area contributed by atoms with Gasteiger partial charge in [-0.25, -0.2) is 4.98 Å². The average molecular weight is 380 g/mol. The number of thioether (sulfide) groups is 1. The predicted octanol–water partition coefficient (Wildman–Crippen LogP) is 4.94. The van der Waals surface area contributed by atoms with Gasteiger partial charge in [-0.05, 0) is 55.2 Å². The Balaban J connectivity index is 1.33. The molecule has 1 N–H and O–H groups in total. The van der Waals surface area contributed by atoms with Crippen molar-refractivity contribution < 1.29 is 4.79 Å². The number of fused-ring (bicyclic) bond motifs is 1. The van der Waals surface area contributed by atoms with E-state index in [0.717, 1.165) is 40.4 Å². The number of pyridine rings is 1. The van der Waals surface area contributed by atoms with Gasteiger partial charge in [0, 0.05) is 34.6 Å². The Bertz CT molecular complexity index is 886. The van der Waals surface area contributed by atoms with E-state index in [-0.39, 0.29) is 5.91 Å². The van der Waals surface area contributed by atoms with E-state index in [2.05, 4.69) is 23.4 Å². The van der Waals surface area contributed by atoms with Gasteiger partial charge in [0.2, 0.25) is 0 Å². The van der Waals surface area contributed by atoms with E-state index in [9.17, 15) is 4.79 Å². The quantitative estimate of drug-likeness (QED) is 0.639. The summed E-state index contributed by atoms with van der Waals surface area (Å²) in [6, 6.07) is 14.2. The van der Waals surface area contributed by atoms with Gasteiger partial charge in [0.15, 0.2) is 0 Å². The fourth-order valence-electron chi connectivity index (χ4n) is 3.75. The standard InChI is InChI=1S/C22H25N3OS/c1-16-5-4-6-18(13-16)24-22(26)17-8-10-20(11-9-17)27-15-19-14-25-12-3-2-7-21(25)23-19/h2-3,7-12,14,16,18H,4-6,13,15H2,1H3,(H,24,26). The van der Waals surface area contributed by atoms with Crippen LogP contribution >= 0.6 is 11.8 Å². The van der Waals surface area contributed by atoms with E-state index >= 15 is 0 Å². The third kappa shape index (κ3) is 4.53. The second-order valence-corrected chi connectivity index (χ2v) is 8.50. The third-order valence-electron chi connectivity index (χ3n) is 5.19. The lowest BCUT2D eigenvalue weighted by molar-refractivity contribution is 0.0921. The Kier molecular flexibility index (Phi) is 5.48. The Labute approximate surface area is 164 Å². The molecule has 1 amide bonds. The number of amides is 1. The fourth-order valence-corrected chi connectivity index (χ4v) is 4.53. The molecular formula is C22H25N3OS. The molecule has 0 aliphatic heterocycles. The lowest BCUT2D eigenvalue weighted by Gasteiger charge is -2.27. The molecule has 2 unspecified atom stereocenters. The molecule has 0 radical (unpaired) electrons.